The van der Waals surface area contributed by atoms with Gasteiger partial charge in [0.2, 0.25) is 0 Å². The second-order valence-corrected chi connectivity index (χ2v) is 6.17. The van der Waals surface area contributed by atoms with Gasteiger partial charge in [0.15, 0.2) is 0 Å². The van der Waals surface area contributed by atoms with Gasteiger partial charge in [0, 0.05) is 34.9 Å². The molecular weight excluding hydrogens is 236 g/mol. The van der Waals surface area contributed by atoms with Gasteiger partial charge in [0.05, 0.1) is 11.0 Å². The van der Waals surface area contributed by atoms with Crippen LogP contribution in [0.3, 0.4) is 0 Å². The van der Waals surface area contributed by atoms with Crippen LogP contribution in [-0.2, 0) is 0 Å². The average Bonchev–Trinajstić information content (AvgIpc) is 2.39. The first-order valence-electron chi connectivity index (χ1n) is 5.34. The van der Waals surface area contributed by atoms with Crippen LogP contribution in [0.15, 0.2) is 30.6 Å². The van der Waals surface area contributed by atoms with Crippen molar-refractivity contribution in [1.82, 2.24) is 9.97 Å². The van der Waals surface area contributed by atoms with Crippen molar-refractivity contribution in [2.24, 2.45) is 0 Å². The Labute approximate surface area is 103 Å². The van der Waals surface area contributed by atoms with Crippen LogP contribution in [0.5, 0.6) is 0 Å². The van der Waals surface area contributed by atoms with Crippen LogP contribution in [0.1, 0.15) is 10.8 Å². The minimum absolute atomic E-state index is 0.583. The summed E-state index contributed by atoms with van der Waals surface area (Å²) in [5.41, 5.74) is 3.43. The van der Waals surface area contributed by atoms with Gasteiger partial charge in [-0.15, -0.1) is 0 Å². The van der Waals surface area contributed by atoms with E-state index in [0.29, 0.717) is 5.25 Å². The van der Waals surface area contributed by atoms with Crippen LogP contribution in [-0.4, -0.2) is 27.2 Å². The van der Waals surface area contributed by atoms with E-state index >= 15 is 0 Å². The van der Waals surface area contributed by atoms with E-state index in [1.54, 1.807) is 12.4 Å². The second kappa shape index (κ2) is 4.63. The number of aromatic nitrogens is 2. The SMILES string of the molecule is c1cc(C2CSCCS2)c2nccnc2c1. The highest BCUT2D eigenvalue weighted by Crippen LogP contribution is 2.38. The van der Waals surface area contributed by atoms with Gasteiger partial charge < -0.3 is 0 Å². The molecule has 0 N–H and O–H groups in total. The summed E-state index contributed by atoms with van der Waals surface area (Å²) in [5, 5.41) is 0.583. The van der Waals surface area contributed by atoms with Gasteiger partial charge in [-0.3, -0.25) is 9.97 Å². The molecule has 82 valence electrons. The van der Waals surface area contributed by atoms with E-state index in [4.69, 9.17) is 0 Å². The van der Waals surface area contributed by atoms with Gasteiger partial charge in [-0.25, -0.2) is 0 Å². The van der Waals surface area contributed by atoms with Crippen molar-refractivity contribution in [3.63, 3.8) is 0 Å². The van der Waals surface area contributed by atoms with Gasteiger partial charge in [-0.2, -0.15) is 23.5 Å². The Morgan fingerprint density at radius 3 is 2.94 bits per heavy atom. The fourth-order valence-corrected chi connectivity index (χ4v) is 4.69. The average molecular weight is 248 g/mol. The number of fused-ring (bicyclic) bond motifs is 1. The lowest BCUT2D eigenvalue weighted by Gasteiger charge is -2.21. The first kappa shape index (κ1) is 10.4. The molecule has 16 heavy (non-hydrogen) atoms. The van der Waals surface area contributed by atoms with Crippen LogP contribution in [0.25, 0.3) is 11.0 Å². The maximum atomic E-state index is 4.47. The first-order valence-corrected chi connectivity index (χ1v) is 7.54. The molecule has 1 aromatic carbocycles. The largest absolute Gasteiger partial charge is 0.253 e. The molecule has 0 aliphatic carbocycles. The molecule has 0 radical (unpaired) electrons. The van der Waals surface area contributed by atoms with Crippen LogP contribution >= 0.6 is 23.5 Å². The number of benzene rings is 1. The van der Waals surface area contributed by atoms with E-state index < -0.39 is 0 Å². The third-order valence-corrected chi connectivity index (χ3v) is 5.49. The minimum atomic E-state index is 0.583. The molecule has 1 fully saturated rings. The maximum absolute atomic E-state index is 4.47. The Hall–Kier alpha value is -0.740. The van der Waals surface area contributed by atoms with Crippen molar-refractivity contribution in [2.45, 2.75) is 5.25 Å². The van der Waals surface area contributed by atoms with E-state index in [2.05, 4.69) is 22.1 Å². The lowest BCUT2D eigenvalue weighted by Crippen LogP contribution is -2.07. The lowest BCUT2D eigenvalue weighted by molar-refractivity contribution is 1.10. The molecule has 0 amide bonds. The molecule has 0 spiro atoms. The van der Waals surface area contributed by atoms with E-state index in [9.17, 15) is 0 Å². The molecule has 2 aromatic rings. The third kappa shape index (κ3) is 1.92. The Bertz CT molecular complexity index is 490. The maximum Gasteiger partial charge on any atom is 0.0930 e. The normalized spacial score (nSPS) is 21.1. The van der Waals surface area contributed by atoms with E-state index in [0.717, 1.165) is 11.0 Å². The Morgan fingerprint density at radius 1 is 1.12 bits per heavy atom. The summed E-state index contributed by atoms with van der Waals surface area (Å²) in [5.74, 6) is 3.71. The lowest BCUT2D eigenvalue weighted by atomic mass is 10.1. The highest BCUT2D eigenvalue weighted by molar-refractivity contribution is 8.06. The minimum Gasteiger partial charge on any atom is -0.253 e. The van der Waals surface area contributed by atoms with Crippen molar-refractivity contribution in [3.8, 4) is 0 Å². The summed E-state index contributed by atoms with van der Waals surface area (Å²) in [6.07, 6.45) is 3.54. The molecule has 2 nitrogen and oxygen atoms in total. The zero-order valence-electron chi connectivity index (χ0n) is 8.80. The standard InChI is InChI=1S/C12H12N2S2/c1-2-9(11-8-15-6-7-16-11)12-10(3-1)13-4-5-14-12/h1-5,11H,6-8H2. The summed E-state index contributed by atoms with van der Waals surface area (Å²) >= 11 is 4.08. The molecule has 1 atom stereocenters. The van der Waals surface area contributed by atoms with Crippen LogP contribution in [0, 0.1) is 0 Å². The van der Waals surface area contributed by atoms with Crippen molar-refractivity contribution >= 4 is 34.6 Å². The molecular formula is C12H12N2S2. The van der Waals surface area contributed by atoms with E-state index in [-0.39, 0.29) is 0 Å². The summed E-state index contributed by atoms with van der Waals surface area (Å²) in [6.45, 7) is 0. The molecule has 4 heteroatoms. The van der Waals surface area contributed by atoms with Crippen LogP contribution < -0.4 is 0 Å². The predicted octanol–water partition coefficient (Wildman–Crippen LogP) is 3.15. The second-order valence-electron chi connectivity index (χ2n) is 3.71. The Morgan fingerprint density at radius 2 is 2.06 bits per heavy atom. The Balaban J connectivity index is 2.08. The highest BCUT2D eigenvalue weighted by atomic mass is 32.2. The van der Waals surface area contributed by atoms with Crippen LogP contribution in [0.2, 0.25) is 0 Å². The summed E-state index contributed by atoms with van der Waals surface area (Å²) in [6, 6.07) is 6.32. The molecule has 1 aromatic heterocycles. The van der Waals surface area contributed by atoms with Crippen molar-refractivity contribution < 1.29 is 0 Å². The van der Waals surface area contributed by atoms with Gasteiger partial charge >= 0.3 is 0 Å². The molecule has 0 bridgehead atoms. The van der Waals surface area contributed by atoms with Gasteiger partial charge in [-0.1, -0.05) is 12.1 Å². The number of nitrogens with zero attached hydrogens (tertiary/aromatic N) is 2. The molecule has 0 saturated carbocycles. The fraction of sp³-hybridized carbons (Fsp3) is 0.333. The summed E-state index contributed by atoms with van der Waals surface area (Å²) in [7, 11) is 0. The van der Waals surface area contributed by atoms with Crippen LogP contribution in [0.4, 0.5) is 0 Å². The third-order valence-electron chi connectivity index (χ3n) is 2.69. The number of hydrogen-bond donors (Lipinski definition) is 0. The number of thioether (sulfide) groups is 2. The predicted molar refractivity (Wildman–Crippen MR) is 72.1 cm³/mol. The number of para-hydroxylation sites is 1. The topological polar surface area (TPSA) is 25.8 Å². The highest BCUT2D eigenvalue weighted by Gasteiger charge is 2.18. The molecule has 1 saturated heterocycles. The molecule has 2 heterocycles. The number of rotatable bonds is 1. The first-order chi connectivity index (χ1) is 7.95. The van der Waals surface area contributed by atoms with Gasteiger partial charge in [0.1, 0.15) is 0 Å². The summed E-state index contributed by atoms with van der Waals surface area (Å²) < 4.78 is 0. The monoisotopic (exact) mass is 248 g/mol. The fourth-order valence-electron chi connectivity index (χ4n) is 1.94. The van der Waals surface area contributed by atoms with E-state index in [1.165, 1.54) is 22.8 Å². The zero-order chi connectivity index (χ0) is 10.8. The van der Waals surface area contributed by atoms with Crippen molar-refractivity contribution in [3.05, 3.63) is 36.2 Å². The summed E-state index contributed by atoms with van der Waals surface area (Å²) in [4.78, 5) is 8.83. The van der Waals surface area contributed by atoms with Gasteiger partial charge in [0.25, 0.3) is 0 Å². The van der Waals surface area contributed by atoms with Crippen molar-refractivity contribution in [1.29, 1.82) is 0 Å². The molecule has 1 unspecified atom stereocenters. The van der Waals surface area contributed by atoms with Crippen molar-refractivity contribution in [2.75, 3.05) is 17.3 Å². The molecule has 1 aliphatic rings. The van der Waals surface area contributed by atoms with E-state index in [1.807, 2.05) is 29.6 Å². The smallest absolute Gasteiger partial charge is 0.0930 e. The zero-order valence-corrected chi connectivity index (χ0v) is 10.4. The quantitative estimate of drug-likeness (QED) is 0.774. The molecule has 3 rings (SSSR count). The van der Waals surface area contributed by atoms with Gasteiger partial charge in [-0.05, 0) is 11.6 Å². The number of hydrogen-bond acceptors (Lipinski definition) is 4. The molecule has 1 aliphatic heterocycles. The Kier molecular flexibility index (Phi) is 3.02.